The number of piperidine rings is 1. The maximum Gasteiger partial charge on any atom is 0.128 e. The molecule has 0 atom stereocenters. The number of aromatic nitrogens is 1. The van der Waals surface area contributed by atoms with Crippen LogP contribution in [0.25, 0.3) is 0 Å². The number of benzene rings is 1. The molecule has 1 aliphatic heterocycles. The van der Waals surface area contributed by atoms with Gasteiger partial charge in [0.05, 0.1) is 17.2 Å². The van der Waals surface area contributed by atoms with Crippen LogP contribution in [0.1, 0.15) is 24.0 Å². The summed E-state index contributed by atoms with van der Waals surface area (Å²) in [5, 5.41) is 21.2. The molecule has 5 nitrogen and oxygen atoms in total. The Bertz CT molecular complexity index is 729. The first-order valence-electron chi connectivity index (χ1n) is 7.66. The summed E-state index contributed by atoms with van der Waals surface area (Å²) in [5.74, 6) is 0.931. The fraction of sp³-hybridized carbons (Fsp3) is 0.278. The molecule has 0 unspecified atom stereocenters. The van der Waals surface area contributed by atoms with Gasteiger partial charge in [-0.25, -0.2) is 4.98 Å². The number of hydrogen-bond acceptors (Lipinski definition) is 5. The molecule has 1 aromatic carbocycles. The van der Waals surface area contributed by atoms with Crippen molar-refractivity contribution in [1.82, 2.24) is 4.98 Å². The maximum atomic E-state index is 8.82. The van der Waals surface area contributed by atoms with Gasteiger partial charge in [-0.3, -0.25) is 0 Å². The third-order valence-corrected chi connectivity index (χ3v) is 4.08. The number of hydrogen-bond donors (Lipinski definition) is 1. The summed E-state index contributed by atoms with van der Waals surface area (Å²) in [6, 6.07) is 15.9. The number of nitriles is 2. The zero-order chi connectivity index (χ0) is 16.1. The van der Waals surface area contributed by atoms with E-state index in [4.69, 9.17) is 10.5 Å². The van der Waals surface area contributed by atoms with E-state index in [2.05, 4.69) is 27.3 Å². The number of nitrogens with one attached hydrogen (secondary N) is 1. The van der Waals surface area contributed by atoms with Crippen molar-refractivity contribution in [3.63, 3.8) is 0 Å². The Labute approximate surface area is 135 Å². The summed E-state index contributed by atoms with van der Waals surface area (Å²) >= 11 is 0. The topological polar surface area (TPSA) is 75.7 Å². The van der Waals surface area contributed by atoms with Gasteiger partial charge in [0.2, 0.25) is 0 Å². The molecule has 2 aromatic rings. The van der Waals surface area contributed by atoms with Gasteiger partial charge < -0.3 is 10.2 Å². The molecule has 114 valence electrons. The molecule has 0 amide bonds. The Morgan fingerprint density at radius 2 is 1.61 bits per heavy atom. The lowest BCUT2D eigenvalue weighted by atomic mass is 10.0. The molecule has 2 heterocycles. The summed E-state index contributed by atoms with van der Waals surface area (Å²) in [7, 11) is 0. The highest BCUT2D eigenvalue weighted by Gasteiger charge is 2.19. The number of pyridine rings is 1. The zero-order valence-corrected chi connectivity index (χ0v) is 12.7. The number of nitrogens with zero attached hydrogens (tertiary/aromatic N) is 4. The summed E-state index contributed by atoms with van der Waals surface area (Å²) < 4.78 is 0. The average molecular weight is 303 g/mol. The summed E-state index contributed by atoms with van der Waals surface area (Å²) in [6.07, 6.45) is 3.68. The lowest BCUT2D eigenvalue weighted by Crippen LogP contribution is -2.39. The van der Waals surface area contributed by atoms with E-state index in [1.54, 1.807) is 6.20 Å². The van der Waals surface area contributed by atoms with Gasteiger partial charge in [0, 0.05) is 31.0 Å². The predicted molar refractivity (Wildman–Crippen MR) is 89.0 cm³/mol. The predicted octanol–water partition coefficient (Wildman–Crippen LogP) is 2.91. The Hall–Kier alpha value is -3.05. The molecule has 1 N–H and O–H groups in total. The van der Waals surface area contributed by atoms with E-state index < -0.39 is 0 Å². The van der Waals surface area contributed by atoms with Crippen molar-refractivity contribution in [2.75, 3.05) is 23.3 Å². The van der Waals surface area contributed by atoms with Crippen LogP contribution < -0.4 is 10.2 Å². The number of rotatable bonds is 3. The molecule has 0 bridgehead atoms. The van der Waals surface area contributed by atoms with Gasteiger partial charge in [0.25, 0.3) is 0 Å². The Morgan fingerprint density at radius 3 is 2.17 bits per heavy atom. The fourth-order valence-electron chi connectivity index (χ4n) is 2.77. The normalized spacial score (nSPS) is 14.8. The minimum atomic E-state index is 0.428. The van der Waals surface area contributed by atoms with Gasteiger partial charge >= 0.3 is 0 Å². The Morgan fingerprint density at radius 1 is 0.957 bits per heavy atom. The second-order valence-electron chi connectivity index (χ2n) is 5.61. The third-order valence-electron chi connectivity index (χ3n) is 4.08. The van der Waals surface area contributed by atoms with Gasteiger partial charge in [0.1, 0.15) is 11.9 Å². The molecule has 1 fully saturated rings. The van der Waals surface area contributed by atoms with Crippen LogP contribution in [-0.2, 0) is 0 Å². The molecule has 1 aliphatic rings. The molecular weight excluding hydrogens is 286 g/mol. The van der Waals surface area contributed by atoms with Crippen molar-refractivity contribution >= 4 is 11.5 Å². The molecule has 0 spiro atoms. The van der Waals surface area contributed by atoms with E-state index in [1.807, 2.05) is 36.4 Å². The van der Waals surface area contributed by atoms with E-state index in [0.717, 1.165) is 37.4 Å². The van der Waals surface area contributed by atoms with Crippen molar-refractivity contribution in [2.24, 2.45) is 0 Å². The first-order valence-corrected chi connectivity index (χ1v) is 7.66. The first kappa shape index (κ1) is 14.9. The van der Waals surface area contributed by atoms with Crippen LogP contribution in [0.2, 0.25) is 0 Å². The quantitative estimate of drug-likeness (QED) is 0.943. The zero-order valence-electron chi connectivity index (χ0n) is 12.7. The SMILES string of the molecule is N#Cc1ccc(NC2CCN(c3ccc(C#N)cn3)CC2)cc1. The lowest BCUT2D eigenvalue weighted by Gasteiger charge is -2.33. The fourth-order valence-corrected chi connectivity index (χ4v) is 2.77. The number of anilines is 2. The second kappa shape index (κ2) is 6.81. The Kier molecular flexibility index (Phi) is 4.40. The van der Waals surface area contributed by atoms with Gasteiger partial charge in [-0.05, 0) is 49.2 Å². The molecule has 0 saturated carbocycles. The van der Waals surface area contributed by atoms with E-state index in [9.17, 15) is 0 Å². The molecule has 3 rings (SSSR count). The van der Waals surface area contributed by atoms with Crippen molar-refractivity contribution in [3.8, 4) is 12.1 Å². The Balaban J connectivity index is 1.55. The van der Waals surface area contributed by atoms with Crippen LogP contribution in [0.3, 0.4) is 0 Å². The second-order valence-corrected chi connectivity index (χ2v) is 5.61. The van der Waals surface area contributed by atoms with Gasteiger partial charge in [0.15, 0.2) is 0 Å². The summed E-state index contributed by atoms with van der Waals surface area (Å²) in [4.78, 5) is 6.60. The molecular formula is C18H17N5. The smallest absolute Gasteiger partial charge is 0.128 e. The first-order chi connectivity index (χ1) is 11.3. The molecule has 1 aromatic heterocycles. The highest BCUT2D eigenvalue weighted by molar-refractivity contribution is 5.48. The van der Waals surface area contributed by atoms with E-state index in [0.29, 0.717) is 17.2 Å². The standard InChI is InChI=1S/C18H17N5/c19-11-14-1-4-16(5-2-14)22-17-7-9-23(10-8-17)18-6-3-15(12-20)13-21-18/h1-6,13,17,22H,7-10H2. The minimum Gasteiger partial charge on any atom is -0.382 e. The van der Waals surface area contributed by atoms with Gasteiger partial charge in [-0.2, -0.15) is 10.5 Å². The molecule has 23 heavy (non-hydrogen) atoms. The lowest BCUT2D eigenvalue weighted by molar-refractivity contribution is 0.523. The highest BCUT2D eigenvalue weighted by Crippen LogP contribution is 2.21. The van der Waals surface area contributed by atoms with Crippen molar-refractivity contribution in [1.29, 1.82) is 10.5 Å². The van der Waals surface area contributed by atoms with Crippen LogP contribution in [-0.4, -0.2) is 24.1 Å². The van der Waals surface area contributed by atoms with Crippen molar-refractivity contribution < 1.29 is 0 Å². The van der Waals surface area contributed by atoms with Crippen LogP contribution >= 0.6 is 0 Å². The minimum absolute atomic E-state index is 0.428. The molecule has 0 aliphatic carbocycles. The molecule has 5 heteroatoms. The van der Waals surface area contributed by atoms with Gasteiger partial charge in [-0.15, -0.1) is 0 Å². The third kappa shape index (κ3) is 3.59. The van der Waals surface area contributed by atoms with E-state index in [-0.39, 0.29) is 0 Å². The van der Waals surface area contributed by atoms with E-state index in [1.165, 1.54) is 0 Å². The van der Waals surface area contributed by atoms with Gasteiger partial charge in [-0.1, -0.05) is 0 Å². The van der Waals surface area contributed by atoms with Crippen LogP contribution in [0.4, 0.5) is 11.5 Å². The molecule has 1 saturated heterocycles. The maximum absolute atomic E-state index is 8.82. The van der Waals surface area contributed by atoms with Crippen LogP contribution in [0, 0.1) is 22.7 Å². The average Bonchev–Trinajstić information content (AvgIpc) is 2.63. The largest absolute Gasteiger partial charge is 0.382 e. The monoisotopic (exact) mass is 303 g/mol. The van der Waals surface area contributed by atoms with Crippen molar-refractivity contribution in [3.05, 3.63) is 53.7 Å². The summed E-state index contributed by atoms with van der Waals surface area (Å²) in [5.41, 5.74) is 2.32. The van der Waals surface area contributed by atoms with Crippen LogP contribution in [0.5, 0.6) is 0 Å². The summed E-state index contributed by atoms with van der Waals surface area (Å²) in [6.45, 7) is 1.87. The van der Waals surface area contributed by atoms with Crippen molar-refractivity contribution in [2.45, 2.75) is 18.9 Å². The van der Waals surface area contributed by atoms with E-state index >= 15 is 0 Å². The van der Waals surface area contributed by atoms with Crippen LogP contribution in [0.15, 0.2) is 42.6 Å². The molecule has 0 radical (unpaired) electrons. The highest BCUT2D eigenvalue weighted by atomic mass is 15.2.